The first-order valence-corrected chi connectivity index (χ1v) is 5.67. The molecule has 2 rings (SSSR count). The molecule has 2 aliphatic rings. The summed E-state index contributed by atoms with van der Waals surface area (Å²) in [7, 11) is 0. The molecule has 1 amide bonds. The molecule has 0 saturated heterocycles. The SMILES string of the molecule is CC1CC(CN)(C(=O)NC2CCC2)C1. The van der Waals surface area contributed by atoms with Crippen molar-refractivity contribution in [3.05, 3.63) is 0 Å². The molecule has 3 heteroatoms. The van der Waals surface area contributed by atoms with Crippen molar-refractivity contribution in [1.82, 2.24) is 5.32 Å². The molecule has 2 fully saturated rings. The van der Waals surface area contributed by atoms with Crippen LogP contribution in [-0.4, -0.2) is 18.5 Å². The molecule has 0 aromatic rings. The summed E-state index contributed by atoms with van der Waals surface area (Å²) in [5, 5.41) is 3.11. The first-order valence-electron chi connectivity index (χ1n) is 5.67. The molecule has 14 heavy (non-hydrogen) atoms. The van der Waals surface area contributed by atoms with E-state index < -0.39 is 0 Å². The lowest BCUT2D eigenvalue weighted by Crippen LogP contribution is -2.56. The summed E-state index contributed by atoms with van der Waals surface area (Å²) in [5.74, 6) is 0.883. The summed E-state index contributed by atoms with van der Waals surface area (Å²) in [6.07, 6.45) is 5.52. The van der Waals surface area contributed by atoms with E-state index in [1.807, 2.05) is 0 Å². The maximum Gasteiger partial charge on any atom is 0.227 e. The molecule has 0 atom stereocenters. The maximum absolute atomic E-state index is 11.9. The van der Waals surface area contributed by atoms with Crippen LogP contribution in [0.3, 0.4) is 0 Å². The van der Waals surface area contributed by atoms with Crippen LogP contribution in [0, 0.1) is 11.3 Å². The summed E-state index contributed by atoms with van der Waals surface area (Å²) in [5.41, 5.74) is 5.49. The van der Waals surface area contributed by atoms with E-state index in [9.17, 15) is 4.79 Å². The van der Waals surface area contributed by atoms with Gasteiger partial charge in [0, 0.05) is 12.6 Å². The van der Waals surface area contributed by atoms with Crippen LogP contribution in [0.15, 0.2) is 0 Å². The van der Waals surface area contributed by atoms with E-state index in [-0.39, 0.29) is 11.3 Å². The van der Waals surface area contributed by atoms with Crippen LogP contribution in [-0.2, 0) is 4.79 Å². The minimum absolute atomic E-state index is 0.211. The van der Waals surface area contributed by atoms with Crippen molar-refractivity contribution in [2.45, 2.75) is 45.1 Å². The van der Waals surface area contributed by atoms with E-state index >= 15 is 0 Å². The topological polar surface area (TPSA) is 55.1 Å². The molecule has 0 unspecified atom stereocenters. The van der Waals surface area contributed by atoms with Gasteiger partial charge in [-0.1, -0.05) is 6.92 Å². The first-order chi connectivity index (χ1) is 6.66. The van der Waals surface area contributed by atoms with Crippen molar-refractivity contribution in [3.63, 3.8) is 0 Å². The third kappa shape index (κ3) is 1.54. The molecule has 0 aromatic heterocycles. The molecule has 0 aliphatic heterocycles. The van der Waals surface area contributed by atoms with E-state index in [1.165, 1.54) is 6.42 Å². The van der Waals surface area contributed by atoms with Gasteiger partial charge in [0.1, 0.15) is 0 Å². The highest BCUT2D eigenvalue weighted by Crippen LogP contribution is 2.45. The first kappa shape index (κ1) is 9.97. The van der Waals surface area contributed by atoms with Crippen molar-refractivity contribution in [1.29, 1.82) is 0 Å². The Labute approximate surface area is 85.4 Å². The normalized spacial score (nSPS) is 37.1. The molecule has 0 bridgehead atoms. The summed E-state index contributed by atoms with van der Waals surface area (Å²) in [6, 6.07) is 0.446. The number of nitrogens with one attached hydrogen (secondary N) is 1. The predicted octanol–water partition coefficient (Wildman–Crippen LogP) is 1.03. The van der Waals surface area contributed by atoms with Gasteiger partial charge in [0.15, 0.2) is 0 Å². The fraction of sp³-hybridized carbons (Fsp3) is 0.909. The van der Waals surface area contributed by atoms with Crippen LogP contribution in [0.2, 0.25) is 0 Å². The van der Waals surface area contributed by atoms with Gasteiger partial charge in [-0.05, 0) is 38.0 Å². The van der Waals surface area contributed by atoms with Gasteiger partial charge in [-0.3, -0.25) is 4.79 Å². The average Bonchev–Trinajstić information content (AvgIpc) is 2.05. The molecule has 0 aromatic carbocycles. The Hall–Kier alpha value is -0.570. The molecular formula is C11H20N2O. The zero-order chi connectivity index (χ0) is 10.2. The van der Waals surface area contributed by atoms with Gasteiger partial charge in [0.05, 0.1) is 5.41 Å². The second-order valence-corrected chi connectivity index (χ2v) is 5.10. The highest BCUT2D eigenvalue weighted by atomic mass is 16.2. The Morgan fingerprint density at radius 2 is 2.14 bits per heavy atom. The summed E-state index contributed by atoms with van der Waals surface area (Å²) in [6.45, 7) is 2.69. The lowest BCUT2D eigenvalue weighted by atomic mass is 9.62. The van der Waals surface area contributed by atoms with Crippen LogP contribution in [0.5, 0.6) is 0 Å². The Balaban J connectivity index is 1.88. The van der Waals surface area contributed by atoms with Gasteiger partial charge in [-0.2, -0.15) is 0 Å². The largest absolute Gasteiger partial charge is 0.353 e. The molecule has 2 saturated carbocycles. The minimum Gasteiger partial charge on any atom is -0.353 e. The van der Waals surface area contributed by atoms with Crippen molar-refractivity contribution in [2.24, 2.45) is 17.1 Å². The Morgan fingerprint density at radius 1 is 1.50 bits per heavy atom. The summed E-state index contributed by atoms with van der Waals surface area (Å²) < 4.78 is 0. The second-order valence-electron chi connectivity index (χ2n) is 5.10. The molecule has 0 heterocycles. The fourth-order valence-electron chi connectivity index (χ4n) is 2.61. The number of carbonyl (C=O) groups is 1. The van der Waals surface area contributed by atoms with Gasteiger partial charge >= 0.3 is 0 Å². The lowest BCUT2D eigenvalue weighted by molar-refractivity contribution is -0.139. The molecular weight excluding hydrogens is 176 g/mol. The second kappa shape index (κ2) is 3.54. The smallest absolute Gasteiger partial charge is 0.227 e. The number of rotatable bonds is 3. The van der Waals surface area contributed by atoms with Crippen LogP contribution in [0.1, 0.15) is 39.0 Å². The van der Waals surface area contributed by atoms with Crippen molar-refractivity contribution in [3.8, 4) is 0 Å². The zero-order valence-electron chi connectivity index (χ0n) is 8.88. The Kier molecular flexibility index (Phi) is 2.52. The van der Waals surface area contributed by atoms with Crippen molar-refractivity contribution >= 4 is 5.91 Å². The van der Waals surface area contributed by atoms with Gasteiger partial charge < -0.3 is 11.1 Å². The van der Waals surface area contributed by atoms with Gasteiger partial charge in [-0.25, -0.2) is 0 Å². The number of carbonyl (C=O) groups excluding carboxylic acids is 1. The van der Waals surface area contributed by atoms with E-state index in [4.69, 9.17) is 5.73 Å². The predicted molar refractivity (Wildman–Crippen MR) is 55.7 cm³/mol. The molecule has 0 spiro atoms. The standard InChI is InChI=1S/C11H20N2O/c1-8-5-11(6-8,7-12)10(14)13-9-3-2-4-9/h8-9H,2-7,12H2,1H3,(H,13,14). The number of nitrogens with two attached hydrogens (primary N) is 1. The molecule has 80 valence electrons. The van der Waals surface area contributed by atoms with E-state index in [0.29, 0.717) is 18.5 Å². The summed E-state index contributed by atoms with van der Waals surface area (Å²) in [4.78, 5) is 11.9. The van der Waals surface area contributed by atoms with E-state index in [2.05, 4.69) is 12.2 Å². The highest BCUT2D eigenvalue weighted by Gasteiger charge is 2.47. The van der Waals surface area contributed by atoms with E-state index in [1.54, 1.807) is 0 Å². The van der Waals surface area contributed by atoms with Crippen LogP contribution >= 0.6 is 0 Å². The minimum atomic E-state index is -0.213. The number of hydrogen-bond acceptors (Lipinski definition) is 2. The molecule has 3 nitrogen and oxygen atoms in total. The maximum atomic E-state index is 11.9. The summed E-state index contributed by atoms with van der Waals surface area (Å²) >= 11 is 0. The van der Waals surface area contributed by atoms with Crippen molar-refractivity contribution in [2.75, 3.05) is 6.54 Å². The fourth-order valence-corrected chi connectivity index (χ4v) is 2.61. The van der Waals surface area contributed by atoms with Gasteiger partial charge in [0.2, 0.25) is 5.91 Å². The van der Waals surface area contributed by atoms with Crippen LogP contribution in [0.4, 0.5) is 0 Å². The van der Waals surface area contributed by atoms with E-state index in [0.717, 1.165) is 25.7 Å². The number of amides is 1. The monoisotopic (exact) mass is 196 g/mol. The third-order valence-electron chi connectivity index (χ3n) is 3.79. The molecule has 0 radical (unpaired) electrons. The molecule has 3 N–H and O–H groups in total. The number of hydrogen-bond donors (Lipinski definition) is 2. The molecule has 2 aliphatic carbocycles. The van der Waals surface area contributed by atoms with Gasteiger partial charge in [0.25, 0.3) is 0 Å². The van der Waals surface area contributed by atoms with Crippen LogP contribution in [0.25, 0.3) is 0 Å². The van der Waals surface area contributed by atoms with Crippen LogP contribution < -0.4 is 11.1 Å². The lowest BCUT2D eigenvalue weighted by Gasteiger charge is -2.45. The Morgan fingerprint density at radius 3 is 2.50 bits per heavy atom. The van der Waals surface area contributed by atoms with Crippen molar-refractivity contribution < 1.29 is 4.79 Å². The highest BCUT2D eigenvalue weighted by molar-refractivity contribution is 5.84. The average molecular weight is 196 g/mol. The van der Waals surface area contributed by atoms with Gasteiger partial charge in [-0.15, -0.1) is 0 Å². The quantitative estimate of drug-likeness (QED) is 0.708. The Bertz CT molecular complexity index is 229. The zero-order valence-corrected chi connectivity index (χ0v) is 8.88. The third-order valence-corrected chi connectivity index (χ3v) is 3.79.